The lowest BCUT2D eigenvalue weighted by Crippen LogP contribution is -2.30. The van der Waals surface area contributed by atoms with Crippen molar-refractivity contribution in [3.8, 4) is 0 Å². The molecule has 2 heterocycles. The van der Waals surface area contributed by atoms with Crippen molar-refractivity contribution in [1.29, 1.82) is 0 Å². The van der Waals surface area contributed by atoms with E-state index in [1.54, 1.807) is 11.3 Å². The largest absolute Gasteiger partial charge is 0.361 e. The van der Waals surface area contributed by atoms with Gasteiger partial charge in [0.2, 0.25) is 0 Å². The number of aliphatic imine (C=N–C) groups is 1. The third-order valence-corrected chi connectivity index (χ3v) is 9.48. The number of benzene rings is 3. The van der Waals surface area contributed by atoms with Crippen LogP contribution >= 0.6 is 23.1 Å². The third-order valence-electron chi connectivity index (χ3n) is 7.26. The van der Waals surface area contributed by atoms with Gasteiger partial charge in [0.05, 0.1) is 21.9 Å². The minimum atomic E-state index is 0.499. The summed E-state index contributed by atoms with van der Waals surface area (Å²) in [5.41, 5.74) is 7.78. The fraction of sp³-hybridized carbons (Fsp3) is 0.310. The quantitative estimate of drug-likeness (QED) is 0.308. The van der Waals surface area contributed by atoms with Gasteiger partial charge >= 0.3 is 0 Å². The highest BCUT2D eigenvalue weighted by Gasteiger charge is 2.50. The van der Waals surface area contributed by atoms with Gasteiger partial charge in [0.1, 0.15) is 0 Å². The molecular weight excluding hydrogens is 468 g/mol. The van der Waals surface area contributed by atoms with Crippen molar-refractivity contribution in [3.05, 3.63) is 89.0 Å². The maximum atomic E-state index is 5.14. The number of aromatic nitrogens is 1. The molecule has 35 heavy (non-hydrogen) atoms. The van der Waals surface area contributed by atoms with E-state index in [2.05, 4.69) is 83.9 Å². The fourth-order valence-electron chi connectivity index (χ4n) is 5.38. The van der Waals surface area contributed by atoms with Crippen molar-refractivity contribution in [2.45, 2.75) is 49.9 Å². The summed E-state index contributed by atoms with van der Waals surface area (Å²) < 4.78 is 1.24. The molecule has 1 saturated heterocycles. The lowest BCUT2D eigenvalue weighted by Gasteiger charge is -2.26. The van der Waals surface area contributed by atoms with E-state index >= 15 is 0 Å². The molecule has 7 rings (SSSR count). The average Bonchev–Trinajstić information content (AvgIpc) is 3.38. The molecule has 1 aromatic heterocycles. The molecule has 0 radical (unpaired) electrons. The van der Waals surface area contributed by atoms with E-state index in [1.165, 1.54) is 45.0 Å². The highest BCUT2D eigenvalue weighted by molar-refractivity contribution is 8.14. The number of aryl methyl sites for hydroxylation is 1. The number of anilines is 1. The van der Waals surface area contributed by atoms with Crippen LogP contribution < -0.4 is 5.32 Å². The zero-order valence-electron chi connectivity index (χ0n) is 19.8. The normalized spacial score (nSPS) is 22.1. The molecule has 6 heteroatoms. The molecule has 3 aromatic carbocycles. The topological polar surface area (TPSA) is 40.5 Å². The Labute approximate surface area is 214 Å². The Kier molecular flexibility index (Phi) is 5.32. The van der Waals surface area contributed by atoms with Crippen LogP contribution in [0, 0.1) is 6.92 Å². The predicted molar refractivity (Wildman–Crippen MR) is 149 cm³/mol. The summed E-state index contributed by atoms with van der Waals surface area (Å²) in [6.45, 7) is 3.00. The van der Waals surface area contributed by atoms with Gasteiger partial charge in [-0.2, -0.15) is 0 Å². The van der Waals surface area contributed by atoms with Gasteiger partial charge in [-0.1, -0.05) is 65.6 Å². The second-order valence-electron chi connectivity index (χ2n) is 9.87. The van der Waals surface area contributed by atoms with Crippen molar-refractivity contribution < 1.29 is 0 Å². The van der Waals surface area contributed by atoms with Crippen molar-refractivity contribution in [2.24, 2.45) is 4.99 Å². The summed E-state index contributed by atoms with van der Waals surface area (Å²) in [5.74, 6) is 0. The Bertz CT molecular complexity index is 1420. The number of rotatable bonds is 6. The smallest absolute Gasteiger partial charge is 0.183 e. The fourth-order valence-corrected chi connectivity index (χ4v) is 7.85. The lowest BCUT2D eigenvalue weighted by atomic mass is 10.1. The van der Waals surface area contributed by atoms with Gasteiger partial charge in [0, 0.05) is 17.8 Å². The second-order valence-corrected chi connectivity index (χ2v) is 12.1. The molecule has 0 amide bonds. The molecule has 0 spiro atoms. The number of hydrogen-bond acceptors (Lipinski definition) is 5. The van der Waals surface area contributed by atoms with Crippen LogP contribution in [0.4, 0.5) is 10.8 Å². The van der Waals surface area contributed by atoms with E-state index < -0.39 is 0 Å². The molecule has 4 aromatic rings. The summed E-state index contributed by atoms with van der Waals surface area (Å²) in [6.07, 6.45) is 4.72. The Balaban J connectivity index is 1.02. The summed E-state index contributed by atoms with van der Waals surface area (Å²) in [5, 5.41) is 6.32. The summed E-state index contributed by atoms with van der Waals surface area (Å²) in [4.78, 5) is 12.5. The molecule has 2 atom stereocenters. The number of amidine groups is 1. The number of fused-ring (bicyclic) bond motifs is 4. The number of hydrogen-bond donors (Lipinski definition) is 1. The molecule has 1 aliphatic heterocycles. The monoisotopic (exact) mass is 496 g/mol. The molecule has 3 aliphatic rings. The number of thiazole rings is 1. The Hall–Kier alpha value is -2.83. The van der Waals surface area contributed by atoms with Crippen molar-refractivity contribution in [1.82, 2.24) is 9.88 Å². The zero-order valence-corrected chi connectivity index (χ0v) is 21.4. The van der Waals surface area contributed by atoms with Crippen LogP contribution in [0.15, 0.2) is 71.7 Å². The van der Waals surface area contributed by atoms with Crippen LogP contribution in [-0.4, -0.2) is 32.9 Å². The maximum Gasteiger partial charge on any atom is 0.183 e. The van der Waals surface area contributed by atoms with Crippen LogP contribution in [0.25, 0.3) is 10.2 Å². The highest BCUT2D eigenvalue weighted by atomic mass is 32.2. The SMILES string of the molecule is Cc1ccc2nc(NCCc3ccc(/N=C4\SC5Cc6ccccc6[C@@H]5N4C4CC4)cc3)sc2c1. The summed E-state index contributed by atoms with van der Waals surface area (Å²) in [7, 11) is 0. The van der Waals surface area contributed by atoms with Crippen LogP contribution in [-0.2, 0) is 12.8 Å². The van der Waals surface area contributed by atoms with Gasteiger partial charge in [-0.15, -0.1) is 0 Å². The van der Waals surface area contributed by atoms with Crippen molar-refractivity contribution in [3.63, 3.8) is 0 Å². The van der Waals surface area contributed by atoms with E-state index in [0.717, 1.165) is 35.7 Å². The van der Waals surface area contributed by atoms with Gasteiger partial charge in [0.25, 0.3) is 0 Å². The molecule has 2 fully saturated rings. The molecule has 1 N–H and O–H groups in total. The first kappa shape index (κ1) is 21.5. The molecule has 2 aliphatic carbocycles. The highest BCUT2D eigenvalue weighted by Crippen LogP contribution is 2.53. The Morgan fingerprint density at radius 1 is 1.06 bits per heavy atom. The van der Waals surface area contributed by atoms with Gasteiger partial charge in [-0.05, 0) is 79.1 Å². The molecular formula is C29H28N4S2. The Morgan fingerprint density at radius 2 is 1.91 bits per heavy atom. The molecule has 0 bridgehead atoms. The minimum absolute atomic E-state index is 0.499. The number of thioether (sulfide) groups is 1. The van der Waals surface area contributed by atoms with Crippen LogP contribution in [0.2, 0.25) is 0 Å². The Morgan fingerprint density at radius 3 is 2.77 bits per heavy atom. The first-order valence-corrected chi connectivity index (χ1v) is 14.2. The van der Waals surface area contributed by atoms with E-state index in [-0.39, 0.29) is 0 Å². The average molecular weight is 497 g/mol. The molecule has 4 nitrogen and oxygen atoms in total. The first-order valence-electron chi connectivity index (χ1n) is 12.5. The van der Waals surface area contributed by atoms with Crippen LogP contribution in [0.5, 0.6) is 0 Å². The van der Waals surface area contributed by atoms with Crippen molar-refractivity contribution in [2.75, 3.05) is 11.9 Å². The summed E-state index contributed by atoms with van der Waals surface area (Å²) >= 11 is 3.72. The van der Waals surface area contributed by atoms with Crippen LogP contribution in [0.1, 0.15) is 41.1 Å². The molecule has 176 valence electrons. The molecule has 1 saturated carbocycles. The predicted octanol–water partition coefficient (Wildman–Crippen LogP) is 7.12. The second kappa shape index (κ2) is 8.68. The van der Waals surface area contributed by atoms with Gasteiger partial charge in [0.15, 0.2) is 10.3 Å². The van der Waals surface area contributed by atoms with Crippen molar-refractivity contribution >= 4 is 49.3 Å². The number of nitrogens with one attached hydrogen (secondary N) is 1. The number of nitrogens with zero attached hydrogens (tertiary/aromatic N) is 3. The molecule has 1 unspecified atom stereocenters. The summed E-state index contributed by atoms with van der Waals surface area (Å²) in [6, 6.07) is 25.4. The van der Waals surface area contributed by atoms with Gasteiger partial charge in [-0.3, -0.25) is 0 Å². The van der Waals surface area contributed by atoms with Gasteiger partial charge in [-0.25, -0.2) is 9.98 Å². The van der Waals surface area contributed by atoms with E-state index in [4.69, 9.17) is 9.98 Å². The first-order chi connectivity index (χ1) is 17.2. The van der Waals surface area contributed by atoms with E-state index in [1.807, 2.05) is 11.8 Å². The lowest BCUT2D eigenvalue weighted by molar-refractivity contribution is 0.330. The van der Waals surface area contributed by atoms with E-state index in [0.29, 0.717) is 17.3 Å². The third kappa shape index (κ3) is 4.13. The maximum absolute atomic E-state index is 5.14. The van der Waals surface area contributed by atoms with Crippen LogP contribution in [0.3, 0.4) is 0 Å². The van der Waals surface area contributed by atoms with Gasteiger partial charge < -0.3 is 10.2 Å². The standard InChI is InChI=1S/C29H28N4S2/c1-18-6-13-24-25(16-18)34-28(32-24)30-15-14-19-7-9-21(10-8-19)31-29-33(22-11-12-22)27-23-5-3-2-4-20(23)17-26(27)35-29/h2-10,13,16,22,26-27H,11-12,14-15,17H2,1H3,(H,30,32)/b31-29-/t26?,27-/m0/s1. The van der Waals surface area contributed by atoms with E-state index in [9.17, 15) is 0 Å². The zero-order chi connectivity index (χ0) is 23.4. The minimum Gasteiger partial charge on any atom is -0.361 e.